The fourth-order valence-corrected chi connectivity index (χ4v) is 4.44. The quantitative estimate of drug-likeness (QED) is 0.430. The van der Waals surface area contributed by atoms with E-state index in [0.29, 0.717) is 21.3 Å². The third-order valence-corrected chi connectivity index (χ3v) is 5.82. The van der Waals surface area contributed by atoms with Gasteiger partial charge in [0.25, 0.3) is 5.91 Å². The standard InChI is InChI=1S/C24H24ClNO4S/c1-5-29-24(28)22-19(18-8-6-14(2)10-15(18)3)13-31-23(22)26-21(27)12-30-20-9-7-17(25)11-16(20)4/h6-11,13H,5,12H2,1-4H3,(H,26,27). The highest BCUT2D eigenvalue weighted by Gasteiger charge is 2.23. The summed E-state index contributed by atoms with van der Waals surface area (Å²) < 4.78 is 10.9. The highest BCUT2D eigenvalue weighted by molar-refractivity contribution is 7.15. The summed E-state index contributed by atoms with van der Waals surface area (Å²) in [6.45, 7) is 7.67. The minimum Gasteiger partial charge on any atom is -0.483 e. The van der Waals surface area contributed by atoms with Crippen molar-refractivity contribution in [2.75, 3.05) is 18.5 Å². The number of benzene rings is 2. The predicted molar refractivity (Wildman–Crippen MR) is 125 cm³/mol. The molecule has 0 aliphatic carbocycles. The lowest BCUT2D eigenvalue weighted by Gasteiger charge is -2.12. The molecule has 162 valence electrons. The van der Waals surface area contributed by atoms with Gasteiger partial charge in [-0.1, -0.05) is 35.4 Å². The number of esters is 1. The number of ether oxygens (including phenoxy) is 2. The van der Waals surface area contributed by atoms with Crippen molar-refractivity contribution in [3.63, 3.8) is 0 Å². The van der Waals surface area contributed by atoms with E-state index in [1.54, 1.807) is 25.1 Å². The number of thiophene rings is 1. The number of aryl methyl sites for hydroxylation is 3. The van der Waals surface area contributed by atoms with Crippen molar-refractivity contribution in [2.24, 2.45) is 0 Å². The Hall–Kier alpha value is -2.83. The van der Waals surface area contributed by atoms with E-state index >= 15 is 0 Å². The molecule has 5 nitrogen and oxygen atoms in total. The SMILES string of the molecule is CCOC(=O)c1c(-c2ccc(C)cc2C)csc1NC(=O)COc1ccc(Cl)cc1C. The van der Waals surface area contributed by atoms with E-state index in [1.807, 2.05) is 38.3 Å². The number of nitrogens with one attached hydrogen (secondary N) is 1. The van der Waals surface area contributed by atoms with Crippen LogP contribution in [0.5, 0.6) is 5.75 Å². The molecule has 0 spiro atoms. The monoisotopic (exact) mass is 457 g/mol. The van der Waals surface area contributed by atoms with Gasteiger partial charge in [0.15, 0.2) is 6.61 Å². The van der Waals surface area contributed by atoms with Gasteiger partial charge in [-0.3, -0.25) is 4.79 Å². The van der Waals surface area contributed by atoms with Crippen molar-refractivity contribution in [2.45, 2.75) is 27.7 Å². The van der Waals surface area contributed by atoms with Crippen LogP contribution in [0.1, 0.15) is 34.0 Å². The Balaban J connectivity index is 1.84. The molecular weight excluding hydrogens is 434 g/mol. The number of carbonyl (C=O) groups excluding carboxylic acids is 2. The number of amides is 1. The van der Waals surface area contributed by atoms with Gasteiger partial charge in [-0.05, 0) is 62.6 Å². The molecule has 1 N–H and O–H groups in total. The highest BCUT2D eigenvalue weighted by Crippen LogP contribution is 2.38. The lowest BCUT2D eigenvalue weighted by atomic mass is 9.97. The smallest absolute Gasteiger partial charge is 0.341 e. The molecule has 1 amide bonds. The van der Waals surface area contributed by atoms with E-state index in [-0.39, 0.29) is 19.1 Å². The van der Waals surface area contributed by atoms with Crippen molar-refractivity contribution in [1.29, 1.82) is 0 Å². The van der Waals surface area contributed by atoms with Crippen LogP contribution >= 0.6 is 22.9 Å². The molecule has 1 heterocycles. The van der Waals surface area contributed by atoms with Gasteiger partial charge in [-0.25, -0.2) is 4.79 Å². The summed E-state index contributed by atoms with van der Waals surface area (Å²) in [6, 6.07) is 11.2. The summed E-state index contributed by atoms with van der Waals surface area (Å²) in [7, 11) is 0. The Labute approximate surface area is 191 Å². The molecule has 0 fully saturated rings. The molecule has 0 bridgehead atoms. The topological polar surface area (TPSA) is 64.6 Å². The Bertz CT molecular complexity index is 1120. The van der Waals surface area contributed by atoms with E-state index in [0.717, 1.165) is 27.8 Å². The lowest BCUT2D eigenvalue weighted by molar-refractivity contribution is -0.118. The fourth-order valence-electron chi connectivity index (χ4n) is 3.25. The summed E-state index contributed by atoms with van der Waals surface area (Å²) in [5.41, 5.74) is 5.04. The highest BCUT2D eigenvalue weighted by atomic mass is 35.5. The minimum atomic E-state index is -0.469. The van der Waals surface area contributed by atoms with Crippen molar-refractivity contribution >= 4 is 39.8 Å². The van der Waals surface area contributed by atoms with Crippen LogP contribution in [0.25, 0.3) is 11.1 Å². The van der Waals surface area contributed by atoms with Gasteiger partial charge < -0.3 is 14.8 Å². The lowest BCUT2D eigenvalue weighted by Crippen LogP contribution is -2.21. The molecule has 0 radical (unpaired) electrons. The number of hydrogen-bond acceptors (Lipinski definition) is 5. The van der Waals surface area contributed by atoms with Crippen molar-refractivity contribution in [1.82, 2.24) is 0 Å². The van der Waals surface area contributed by atoms with E-state index in [1.165, 1.54) is 11.3 Å². The van der Waals surface area contributed by atoms with Crippen LogP contribution < -0.4 is 10.1 Å². The third-order valence-electron chi connectivity index (χ3n) is 4.69. The normalized spacial score (nSPS) is 10.6. The van der Waals surface area contributed by atoms with Gasteiger partial charge in [0.05, 0.1) is 6.61 Å². The zero-order chi connectivity index (χ0) is 22.5. The largest absolute Gasteiger partial charge is 0.483 e. The number of hydrogen-bond donors (Lipinski definition) is 1. The second kappa shape index (κ2) is 9.98. The average Bonchev–Trinajstić information content (AvgIpc) is 3.10. The van der Waals surface area contributed by atoms with Crippen molar-refractivity contribution in [3.8, 4) is 16.9 Å². The summed E-state index contributed by atoms with van der Waals surface area (Å²) in [6.07, 6.45) is 0. The summed E-state index contributed by atoms with van der Waals surface area (Å²) in [5.74, 6) is -0.260. The van der Waals surface area contributed by atoms with Gasteiger partial charge in [0.2, 0.25) is 0 Å². The molecule has 1 aromatic heterocycles. The van der Waals surface area contributed by atoms with Crippen LogP contribution in [-0.4, -0.2) is 25.1 Å². The first kappa shape index (κ1) is 22.8. The minimum absolute atomic E-state index is 0.193. The zero-order valence-electron chi connectivity index (χ0n) is 17.9. The molecule has 0 saturated carbocycles. The van der Waals surface area contributed by atoms with Gasteiger partial charge >= 0.3 is 5.97 Å². The van der Waals surface area contributed by atoms with Crippen LogP contribution in [0.4, 0.5) is 5.00 Å². The molecule has 3 rings (SSSR count). The van der Waals surface area contributed by atoms with Crippen LogP contribution in [-0.2, 0) is 9.53 Å². The molecule has 0 unspecified atom stereocenters. The zero-order valence-corrected chi connectivity index (χ0v) is 19.4. The van der Waals surface area contributed by atoms with Gasteiger partial charge in [-0.15, -0.1) is 11.3 Å². The maximum Gasteiger partial charge on any atom is 0.341 e. The van der Waals surface area contributed by atoms with E-state index < -0.39 is 5.97 Å². The summed E-state index contributed by atoms with van der Waals surface area (Å²) >= 11 is 7.24. The molecule has 7 heteroatoms. The first-order valence-electron chi connectivity index (χ1n) is 9.85. The Morgan fingerprint density at radius 2 is 1.81 bits per heavy atom. The average molecular weight is 458 g/mol. The molecule has 0 aliphatic rings. The van der Waals surface area contributed by atoms with Crippen LogP contribution in [0.15, 0.2) is 41.8 Å². The second-order valence-electron chi connectivity index (χ2n) is 7.14. The molecule has 31 heavy (non-hydrogen) atoms. The predicted octanol–water partition coefficient (Wildman–Crippen LogP) is 6.19. The Morgan fingerprint density at radius 1 is 1.03 bits per heavy atom. The van der Waals surface area contributed by atoms with Crippen LogP contribution in [0.2, 0.25) is 5.02 Å². The molecule has 2 aromatic carbocycles. The van der Waals surface area contributed by atoms with Gasteiger partial charge in [-0.2, -0.15) is 0 Å². The number of anilines is 1. The van der Waals surface area contributed by atoms with Crippen LogP contribution in [0.3, 0.4) is 0 Å². The molecular formula is C24H24ClNO4S. The molecule has 0 saturated heterocycles. The summed E-state index contributed by atoms with van der Waals surface area (Å²) in [5, 5.41) is 5.71. The summed E-state index contributed by atoms with van der Waals surface area (Å²) in [4.78, 5) is 25.3. The first-order valence-corrected chi connectivity index (χ1v) is 11.1. The number of halogens is 1. The van der Waals surface area contributed by atoms with E-state index in [4.69, 9.17) is 21.1 Å². The maximum atomic E-state index is 12.7. The number of rotatable bonds is 7. The van der Waals surface area contributed by atoms with Crippen molar-refractivity contribution in [3.05, 3.63) is 69.1 Å². The molecule has 3 aromatic rings. The van der Waals surface area contributed by atoms with Gasteiger partial charge in [0, 0.05) is 16.0 Å². The third kappa shape index (κ3) is 5.46. The van der Waals surface area contributed by atoms with Crippen LogP contribution in [0, 0.1) is 20.8 Å². The van der Waals surface area contributed by atoms with E-state index in [9.17, 15) is 9.59 Å². The van der Waals surface area contributed by atoms with Crippen molar-refractivity contribution < 1.29 is 19.1 Å². The maximum absolute atomic E-state index is 12.7. The van der Waals surface area contributed by atoms with E-state index in [2.05, 4.69) is 11.4 Å². The molecule has 0 atom stereocenters. The van der Waals surface area contributed by atoms with Gasteiger partial charge in [0.1, 0.15) is 16.3 Å². The fraction of sp³-hybridized carbons (Fsp3) is 0.250. The second-order valence-corrected chi connectivity index (χ2v) is 8.46. The number of carbonyl (C=O) groups is 2. The molecule has 0 aliphatic heterocycles. The Morgan fingerprint density at radius 3 is 2.48 bits per heavy atom. The first-order chi connectivity index (χ1) is 14.8. The Kier molecular flexibility index (Phi) is 7.36.